The minimum absolute atomic E-state index is 0.0127. The number of hydrogen-bond donors (Lipinski definition) is 2. The molecule has 0 aromatic heterocycles. The van der Waals surface area contributed by atoms with Gasteiger partial charge in [0.25, 0.3) is 0 Å². The normalized spacial score (nSPS) is 20.6. The van der Waals surface area contributed by atoms with Gasteiger partial charge >= 0.3 is 5.97 Å². The van der Waals surface area contributed by atoms with Gasteiger partial charge in [-0.25, -0.2) is 0 Å². The summed E-state index contributed by atoms with van der Waals surface area (Å²) in [7, 11) is 0. The third kappa shape index (κ3) is 3.83. The van der Waals surface area contributed by atoms with Crippen LogP contribution in [0.25, 0.3) is 0 Å². The number of rotatable bonds is 4. The summed E-state index contributed by atoms with van der Waals surface area (Å²) in [6.07, 6.45) is 4.92. The van der Waals surface area contributed by atoms with Crippen LogP contribution in [0.5, 0.6) is 0 Å². The average molecular weight is 275 g/mol. The number of carboxylic acids is 1. The summed E-state index contributed by atoms with van der Waals surface area (Å²) < 4.78 is 0. The lowest BCUT2D eigenvalue weighted by molar-refractivity contribution is -0.137. The minimum Gasteiger partial charge on any atom is -0.481 e. The van der Waals surface area contributed by atoms with Crippen molar-refractivity contribution in [1.29, 1.82) is 0 Å². The maximum Gasteiger partial charge on any atom is 0.305 e. The molecule has 1 aliphatic carbocycles. The lowest BCUT2D eigenvalue weighted by Crippen LogP contribution is -2.20. The van der Waals surface area contributed by atoms with E-state index < -0.39 is 12.0 Å². The van der Waals surface area contributed by atoms with E-state index in [1.54, 1.807) is 0 Å². The van der Waals surface area contributed by atoms with Gasteiger partial charge in [-0.15, -0.1) is 0 Å². The highest BCUT2D eigenvalue weighted by molar-refractivity contribution is 5.67. The molecule has 0 spiro atoms. The molecule has 0 saturated heterocycles. The van der Waals surface area contributed by atoms with Gasteiger partial charge < -0.3 is 10.8 Å². The Morgan fingerprint density at radius 3 is 2.65 bits per heavy atom. The highest BCUT2D eigenvalue weighted by Gasteiger charge is 2.27. The number of aliphatic carboxylic acids is 1. The molecule has 110 valence electrons. The molecule has 1 aromatic rings. The summed E-state index contributed by atoms with van der Waals surface area (Å²) in [4.78, 5) is 10.8. The molecule has 0 heterocycles. The van der Waals surface area contributed by atoms with Gasteiger partial charge in [-0.1, -0.05) is 38.1 Å². The van der Waals surface area contributed by atoms with Crippen LogP contribution in [0.15, 0.2) is 24.3 Å². The van der Waals surface area contributed by atoms with E-state index in [9.17, 15) is 4.79 Å². The summed E-state index contributed by atoms with van der Waals surface area (Å²) in [5.41, 5.74) is 8.68. The zero-order valence-corrected chi connectivity index (χ0v) is 12.4. The van der Waals surface area contributed by atoms with Crippen LogP contribution in [-0.4, -0.2) is 11.1 Å². The first-order chi connectivity index (χ1) is 9.37. The molecule has 1 aliphatic rings. The monoisotopic (exact) mass is 275 g/mol. The molecule has 3 nitrogen and oxygen atoms in total. The quantitative estimate of drug-likeness (QED) is 0.877. The molecule has 1 saturated carbocycles. The van der Waals surface area contributed by atoms with Crippen molar-refractivity contribution in [2.75, 3.05) is 0 Å². The van der Waals surface area contributed by atoms with Gasteiger partial charge in [0.15, 0.2) is 0 Å². The van der Waals surface area contributed by atoms with Crippen molar-refractivity contribution in [2.24, 2.45) is 11.1 Å². The Morgan fingerprint density at radius 2 is 2.05 bits per heavy atom. The topological polar surface area (TPSA) is 63.3 Å². The van der Waals surface area contributed by atoms with Crippen LogP contribution in [0.3, 0.4) is 0 Å². The summed E-state index contributed by atoms with van der Waals surface area (Å²) in [6.45, 7) is 4.67. The average Bonchev–Trinajstić information content (AvgIpc) is 2.38. The van der Waals surface area contributed by atoms with Gasteiger partial charge in [-0.2, -0.15) is 0 Å². The largest absolute Gasteiger partial charge is 0.481 e. The van der Waals surface area contributed by atoms with Crippen molar-refractivity contribution in [1.82, 2.24) is 0 Å². The van der Waals surface area contributed by atoms with Crippen LogP contribution in [-0.2, 0) is 4.79 Å². The van der Waals surface area contributed by atoms with Crippen LogP contribution in [0.2, 0.25) is 0 Å². The van der Waals surface area contributed by atoms with Gasteiger partial charge in [0.1, 0.15) is 0 Å². The van der Waals surface area contributed by atoms with Crippen molar-refractivity contribution >= 4 is 5.97 Å². The zero-order chi connectivity index (χ0) is 14.8. The third-order valence-electron chi connectivity index (χ3n) is 4.54. The molecular weight excluding hydrogens is 250 g/mol. The molecule has 3 N–H and O–H groups in total. The predicted molar refractivity (Wildman–Crippen MR) is 80.6 cm³/mol. The van der Waals surface area contributed by atoms with Crippen molar-refractivity contribution in [3.8, 4) is 0 Å². The maximum atomic E-state index is 10.8. The van der Waals surface area contributed by atoms with Crippen molar-refractivity contribution in [2.45, 2.75) is 57.9 Å². The number of hydrogen-bond acceptors (Lipinski definition) is 2. The van der Waals surface area contributed by atoms with Crippen LogP contribution >= 0.6 is 0 Å². The molecule has 20 heavy (non-hydrogen) atoms. The fourth-order valence-electron chi connectivity index (χ4n) is 3.08. The molecule has 0 radical (unpaired) electrons. The first-order valence-electron chi connectivity index (χ1n) is 7.45. The lowest BCUT2D eigenvalue weighted by Gasteiger charge is -2.34. The SMILES string of the molecule is CC1(C)CCC(c2cccc(C(N)CC(=O)O)c2)CC1. The van der Waals surface area contributed by atoms with E-state index in [4.69, 9.17) is 10.8 Å². The van der Waals surface area contributed by atoms with Crippen LogP contribution in [0.4, 0.5) is 0 Å². The minimum atomic E-state index is -0.845. The molecule has 1 atom stereocenters. The summed E-state index contributed by atoms with van der Waals surface area (Å²) in [5, 5.41) is 8.84. The van der Waals surface area contributed by atoms with E-state index in [1.165, 1.54) is 31.2 Å². The van der Waals surface area contributed by atoms with E-state index in [0.29, 0.717) is 11.3 Å². The van der Waals surface area contributed by atoms with E-state index in [2.05, 4.69) is 26.0 Å². The highest BCUT2D eigenvalue weighted by atomic mass is 16.4. The molecule has 1 unspecified atom stereocenters. The van der Waals surface area contributed by atoms with Gasteiger partial charge in [0.05, 0.1) is 6.42 Å². The molecule has 1 fully saturated rings. The Bertz CT molecular complexity index is 472. The Kier molecular flexibility index (Phi) is 4.48. The molecular formula is C17H25NO2. The van der Waals surface area contributed by atoms with Gasteiger partial charge in [-0.05, 0) is 48.1 Å². The fraction of sp³-hybridized carbons (Fsp3) is 0.588. The van der Waals surface area contributed by atoms with E-state index in [1.807, 2.05) is 12.1 Å². The second kappa shape index (κ2) is 5.96. The highest BCUT2D eigenvalue weighted by Crippen LogP contribution is 2.42. The zero-order valence-electron chi connectivity index (χ0n) is 12.4. The van der Waals surface area contributed by atoms with Crippen molar-refractivity contribution < 1.29 is 9.90 Å². The van der Waals surface area contributed by atoms with Gasteiger partial charge in [0.2, 0.25) is 0 Å². The lowest BCUT2D eigenvalue weighted by atomic mass is 9.71. The predicted octanol–water partition coefficient (Wildman–Crippen LogP) is 3.84. The Labute approximate surface area is 121 Å². The fourth-order valence-corrected chi connectivity index (χ4v) is 3.08. The van der Waals surface area contributed by atoms with Crippen LogP contribution < -0.4 is 5.73 Å². The second-order valence-electron chi connectivity index (χ2n) is 6.81. The number of benzene rings is 1. The van der Waals surface area contributed by atoms with Gasteiger partial charge in [-0.3, -0.25) is 4.79 Å². The third-order valence-corrected chi connectivity index (χ3v) is 4.54. The first-order valence-corrected chi connectivity index (χ1v) is 7.45. The first kappa shape index (κ1) is 15.0. The summed E-state index contributed by atoms with van der Waals surface area (Å²) in [5.74, 6) is -0.248. The Hall–Kier alpha value is -1.35. The molecule has 0 bridgehead atoms. The number of nitrogens with two attached hydrogens (primary N) is 1. The molecule has 2 rings (SSSR count). The van der Waals surface area contributed by atoms with Crippen molar-refractivity contribution in [3.63, 3.8) is 0 Å². The Balaban J connectivity index is 2.08. The van der Waals surface area contributed by atoms with Crippen molar-refractivity contribution in [3.05, 3.63) is 35.4 Å². The molecule has 0 aliphatic heterocycles. The molecule has 3 heteroatoms. The van der Waals surface area contributed by atoms with Crippen LogP contribution in [0.1, 0.15) is 69.0 Å². The smallest absolute Gasteiger partial charge is 0.305 e. The molecule has 1 aromatic carbocycles. The standard InChI is InChI=1S/C17H25NO2/c1-17(2)8-6-12(7-9-17)13-4-3-5-14(10-13)15(18)11-16(19)20/h3-5,10,12,15H,6-9,11,18H2,1-2H3,(H,19,20). The second-order valence-corrected chi connectivity index (χ2v) is 6.81. The number of carboxylic acid groups (broad SMARTS) is 1. The Morgan fingerprint density at radius 1 is 1.40 bits per heavy atom. The van der Waals surface area contributed by atoms with Gasteiger partial charge in [0, 0.05) is 6.04 Å². The maximum absolute atomic E-state index is 10.8. The van der Waals surface area contributed by atoms with E-state index in [0.717, 1.165) is 5.56 Å². The van der Waals surface area contributed by atoms with Crippen LogP contribution in [0, 0.1) is 5.41 Å². The summed E-state index contributed by atoms with van der Waals surface area (Å²) >= 11 is 0. The summed E-state index contributed by atoms with van der Waals surface area (Å²) in [6, 6.07) is 7.79. The number of carbonyl (C=O) groups is 1. The molecule has 0 amide bonds. The van der Waals surface area contributed by atoms with E-state index >= 15 is 0 Å². The van der Waals surface area contributed by atoms with E-state index in [-0.39, 0.29) is 6.42 Å².